The normalized spacial score (nSPS) is 30.9. The number of nitrogens with two attached hydrogens (primary N) is 3. The molecule has 520 valence electrons. The number of nitrogen functional groups attached to an aromatic ring is 3. The third-order valence-electron chi connectivity index (χ3n) is 19.6. The first-order valence-electron chi connectivity index (χ1n) is 33.3. The van der Waals surface area contributed by atoms with Crippen molar-refractivity contribution >= 4 is 51.9 Å². The van der Waals surface area contributed by atoms with Crippen LogP contribution < -0.4 is 17.2 Å². The number of hydrogen-bond acceptors (Lipinski definition) is 27. The second-order valence-corrected chi connectivity index (χ2v) is 26.8. The molecule has 5 aliphatic heterocycles. The summed E-state index contributed by atoms with van der Waals surface area (Å²) in [5.74, 6) is -2.44. The first-order chi connectivity index (χ1) is 46.5. The summed E-state index contributed by atoms with van der Waals surface area (Å²) in [5, 5.41) is 82.3. The maximum atomic E-state index is 12.7. The Bertz CT molecular complexity index is 3910. The third kappa shape index (κ3) is 13.9. The number of aliphatic hydroxyl groups excluding tert-OH is 3. The minimum atomic E-state index is -1.90. The average Bonchev–Trinajstić information content (AvgIpc) is 1.58. The van der Waals surface area contributed by atoms with Gasteiger partial charge in [-0.1, -0.05) is 77.0 Å². The van der Waals surface area contributed by atoms with Gasteiger partial charge in [-0.3, -0.25) is 14.4 Å². The maximum absolute atomic E-state index is 12.7. The number of aromatic nitrogens is 9. The Balaban J connectivity index is 0.000000139. The van der Waals surface area contributed by atoms with Crippen LogP contribution in [0.2, 0.25) is 0 Å². The Morgan fingerprint density at radius 3 is 1.22 bits per heavy atom. The van der Waals surface area contributed by atoms with Crippen LogP contribution in [0.4, 0.5) is 17.5 Å². The zero-order valence-electron chi connectivity index (χ0n) is 54.8. The Morgan fingerprint density at radius 2 is 0.845 bits per heavy atom. The number of aliphatic carboxylic acids is 1. The Kier molecular flexibility index (Phi) is 21.0. The fraction of sp³-hybridized carbons (Fsp3) is 0.636. The zero-order valence-corrected chi connectivity index (χ0v) is 54.8. The molecule has 6 aromatic heterocycles. The van der Waals surface area contributed by atoms with Crippen LogP contribution in [0, 0.1) is 51.7 Å². The summed E-state index contributed by atoms with van der Waals surface area (Å²) in [5.41, 5.74) is 15.5. The van der Waals surface area contributed by atoms with Crippen molar-refractivity contribution in [2.75, 3.05) is 37.0 Å². The fourth-order valence-electron chi connectivity index (χ4n) is 14.6. The summed E-state index contributed by atoms with van der Waals surface area (Å²) in [4.78, 5) is 47.6. The summed E-state index contributed by atoms with van der Waals surface area (Å²) >= 11 is 0. The van der Waals surface area contributed by atoms with Gasteiger partial charge in [-0.05, 0) is 103 Å². The summed E-state index contributed by atoms with van der Waals surface area (Å²) in [7, 11) is 0. The molecular weight excluding hydrogens is 1260 g/mol. The van der Waals surface area contributed by atoms with Gasteiger partial charge in [0.05, 0.1) is 41.4 Å². The van der Waals surface area contributed by atoms with Gasteiger partial charge in [0.15, 0.2) is 29.0 Å². The quantitative estimate of drug-likeness (QED) is 0.0654. The van der Waals surface area contributed by atoms with Crippen LogP contribution in [0.1, 0.15) is 160 Å². The lowest BCUT2D eigenvalue weighted by Crippen LogP contribution is -2.41. The number of esters is 2. The molecule has 3 aliphatic carbocycles. The van der Waals surface area contributed by atoms with Gasteiger partial charge in [0.2, 0.25) is 16.8 Å². The first kappa shape index (κ1) is 70.1. The molecule has 31 nitrogen and oxygen atoms in total. The molecule has 0 bridgehead atoms. The SMILES string of the molecule is CC1(C)O[C@H]2[C@@H](O1)[C@](C#N)(c1ccc3c(N)ncnn13)O[C@@H]2CO.CC1(C)O[C@H]2[C@@H](O1)[C@](C#N)(c1ccc3c(N)ncnn13)O[C@@H]2COC(=O)C1CCCCCC1.N#C[C@@]1(c2ccc3c(N)ncnn23)O[C@H](COC(=O)C2CCCCCC2)[C@@H](O)[C@H]1O.O=C(O)C1CCCCCC1. The lowest BCUT2D eigenvalue weighted by Gasteiger charge is -2.29. The smallest absolute Gasteiger partial charge is 0.309 e. The largest absolute Gasteiger partial charge is 0.481 e. The van der Waals surface area contributed by atoms with Gasteiger partial charge in [0.25, 0.3) is 0 Å². The summed E-state index contributed by atoms with van der Waals surface area (Å²) in [6.07, 6.45) is 14.2. The van der Waals surface area contributed by atoms with Crippen LogP contribution in [0.15, 0.2) is 55.4 Å². The number of nitrogens with zero attached hydrogens (tertiary/aromatic N) is 12. The molecule has 8 fully saturated rings. The molecule has 3 saturated carbocycles. The van der Waals surface area contributed by atoms with Gasteiger partial charge in [0.1, 0.15) is 122 Å². The molecule has 0 aromatic carbocycles. The highest BCUT2D eigenvalue weighted by Gasteiger charge is 2.67. The van der Waals surface area contributed by atoms with Crippen molar-refractivity contribution in [3.05, 3.63) is 72.5 Å². The van der Waals surface area contributed by atoms with Crippen LogP contribution in [0.25, 0.3) is 16.6 Å². The lowest BCUT2D eigenvalue weighted by atomic mass is 9.92. The van der Waals surface area contributed by atoms with E-state index in [1.165, 1.54) is 45.4 Å². The number of rotatable bonds is 11. The van der Waals surface area contributed by atoms with E-state index < -0.39 is 89.3 Å². The molecule has 10 N–H and O–H groups in total. The standard InChI is InChI=1S/C23H29N5O5.C20H25N5O5.C15H17N5O4.C8H14O2/c1-22(2)32-18-16(11-30-21(29)14-7-5-3-4-6-8-14)31-23(12-24,19(18)33-22)17-10-9-15-20(25)26-13-27-28(15)17;21-10-20(15-8-7-13-18(22)23-11-24-25(13)15)17(27)16(26)14(30-20)9-29-19(28)12-5-3-1-2-4-6-12;1-14(2)23-11-9(5-21)22-15(6-16,12(11)24-14)10-4-3-8-13(17)18-7-19-20(8)10;9-8(10)7-5-3-1-2-4-6-7/h9-10,13-14,16,18-19H,3-8,11H2,1-2H3,(H2,25,26,27);7-8,11-12,14,16-17,26-27H,1-6,9H2,(H2,22,23,24);3-4,7,9,11-12,21H,5H2,1-2H3,(H2,17,18,19);7H,1-6H2,(H,9,10)/t16-,18-,19-,23+;14-,16-,17-,20+;9-,11-,12-,15+;/m111./s1. The minimum absolute atomic E-state index is 0.0141. The van der Waals surface area contributed by atoms with E-state index in [0.717, 1.165) is 103 Å². The van der Waals surface area contributed by atoms with E-state index in [1.807, 2.05) is 6.07 Å². The number of carbonyl (C=O) groups excluding carboxylic acids is 2. The molecule has 8 aliphatic rings. The van der Waals surface area contributed by atoms with Crippen LogP contribution in [0.5, 0.6) is 0 Å². The molecule has 0 unspecified atom stereocenters. The van der Waals surface area contributed by atoms with Crippen molar-refractivity contribution < 1.29 is 77.4 Å². The number of anilines is 3. The van der Waals surface area contributed by atoms with E-state index >= 15 is 0 Å². The highest BCUT2D eigenvalue weighted by atomic mass is 16.8. The van der Waals surface area contributed by atoms with E-state index in [9.17, 15) is 45.5 Å². The van der Waals surface area contributed by atoms with E-state index in [1.54, 1.807) is 64.1 Å². The van der Waals surface area contributed by atoms with Crippen molar-refractivity contribution in [2.45, 2.75) is 227 Å². The van der Waals surface area contributed by atoms with Crippen LogP contribution >= 0.6 is 0 Å². The van der Waals surface area contributed by atoms with Crippen LogP contribution in [-0.2, 0) is 73.8 Å². The third-order valence-corrected chi connectivity index (χ3v) is 19.6. The summed E-state index contributed by atoms with van der Waals surface area (Å²) < 4.78 is 57.6. The predicted molar refractivity (Wildman–Crippen MR) is 339 cm³/mol. The van der Waals surface area contributed by atoms with E-state index in [0.29, 0.717) is 33.8 Å². The number of fused-ring (bicyclic) bond motifs is 5. The molecule has 0 radical (unpaired) electrons. The molecule has 14 rings (SSSR count). The Hall–Kier alpha value is -8.26. The predicted octanol–water partition coefficient (Wildman–Crippen LogP) is 5.11. The molecular formula is C66H85N15O16. The second-order valence-electron chi connectivity index (χ2n) is 26.8. The van der Waals surface area contributed by atoms with Gasteiger partial charge in [-0.15, -0.1) is 0 Å². The lowest BCUT2D eigenvalue weighted by molar-refractivity contribution is -0.207. The van der Waals surface area contributed by atoms with Gasteiger partial charge in [0, 0.05) is 0 Å². The fourth-order valence-corrected chi connectivity index (χ4v) is 14.6. The van der Waals surface area contributed by atoms with Crippen molar-refractivity contribution in [2.24, 2.45) is 17.8 Å². The number of hydrogen-bond donors (Lipinski definition) is 7. The van der Waals surface area contributed by atoms with Crippen LogP contribution in [0.3, 0.4) is 0 Å². The highest BCUT2D eigenvalue weighted by molar-refractivity contribution is 5.73. The number of aliphatic hydroxyl groups is 3. The van der Waals surface area contributed by atoms with Gasteiger partial charge in [-0.2, -0.15) is 31.1 Å². The molecule has 31 heteroatoms. The number of carboxylic acids is 1. The van der Waals surface area contributed by atoms with Gasteiger partial charge < -0.3 is 80.3 Å². The van der Waals surface area contributed by atoms with E-state index in [-0.39, 0.29) is 66.8 Å². The van der Waals surface area contributed by atoms with Gasteiger partial charge in [-0.25, -0.2) is 28.5 Å². The maximum Gasteiger partial charge on any atom is 0.309 e. The molecule has 12 atom stereocenters. The van der Waals surface area contributed by atoms with Crippen molar-refractivity contribution in [1.82, 2.24) is 43.8 Å². The monoisotopic (exact) mass is 1340 g/mol. The number of carboxylic acid groups (broad SMARTS) is 1. The summed E-state index contributed by atoms with van der Waals surface area (Å²) in [6.45, 7) is 6.55. The number of ether oxygens (including phenoxy) is 9. The minimum Gasteiger partial charge on any atom is -0.481 e. The molecule has 6 aromatic rings. The molecule has 97 heavy (non-hydrogen) atoms. The average molecular weight is 1340 g/mol. The Labute approximate surface area is 558 Å². The zero-order chi connectivity index (χ0) is 69.0. The Morgan fingerprint density at radius 1 is 0.505 bits per heavy atom. The topological polar surface area (TPSA) is 455 Å². The molecule has 11 heterocycles. The number of carbonyl (C=O) groups is 3. The van der Waals surface area contributed by atoms with Gasteiger partial charge >= 0.3 is 17.9 Å². The van der Waals surface area contributed by atoms with Crippen molar-refractivity contribution in [3.63, 3.8) is 0 Å². The molecule has 5 saturated heterocycles. The van der Waals surface area contributed by atoms with Crippen LogP contribution in [-0.4, -0.2) is 168 Å². The first-order valence-corrected chi connectivity index (χ1v) is 33.3. The molecule has 0 spiro atoms. The van der Waals surface area contributed by atoms with Crippen molar-refractivity contribution in [3.8, 4) is 18.2 Å². The van der Waals surface area contributed by atoms with E-state index in [2.05, 4.69) is 42.4 Å². The molecule has 0 amide bonds. The number of nitriles is 3. The second kappa shape index (κ2) is 29.1. The van der Waals surface area contributed by atoms with E-state index in [4.69, 9.17) is 64.9 Å². The highest BCUT2D eigenvalue weighted by Crippen LogP contribution is 2.51. The van der Waals surface area contributed by atoms with Crippen molar-refractivity contribution in [1.29, 1.82) is 15.8 Å². The summed E-state index contributed by atoms with van der Waals surface area (Å²) in [6, 6.07) is 16.5.